The standard InChI is InChI=1S/C15H24FNO2/c1-5-10-17-15(11(3)19-6-2)12-8-7-9-13(18-4)14(12)16/h7-9,11,15,17H,5-6,10H2,1-4H3. The molecule has 0 aliphatic carbocycles. The molecule has 3 nitrogen and oxygen atoms in total. The van der Waals surface area contributed by atoms with Gasteiger partial charge >= 0.3 is 0 Å². The van der Waals surface area contributed by atoms with Crippen molar-refractivity contribution >= 4 is 0 Å². The van der Waals surface area contributed by atoms with E-state index < -0.39 is 0 Å². The Bertz CT molecular complexity index is 384. The fraction of sp³-hybridized carbons (Fsp3) is 0.600. The van der Waals surface area contributed by atoms with Gasteiger partial charge in [-0.15, -0.1) is 0 Å². The Kier molecular flexibility index (Phi) is 6.81. The number of ether oxygens (including phenoxy) is 2. The van der Waals surface area contributed by atoms with Crippen molar-refractivity contribution in [2.45, 2.75) is 39.3 Å². The Morgan fingerprint density at radius 3 is 2.63 bits per heavy atom. The molecule has 0 aliphatic heterocycles. The summed E-state index contributed by atoms with van der Waals surface area (Å²) in [6.45, 7) is 7.40. The second-order valence-corrected chi connectivity index (χ2v) is 4.46. The first kappa shape index (κ1) is 15.9. The predicted octanol–water partition coefficient (Wildman–Crippen LogP) is 3.30. The summed E-state index contributed by atoms with van der Waals surface area (Å²) in [6, 6.07) is 5.04. The van der Waals surface area contributed by atoms with E-state index in [-0.39, 0.29) is 23.7 Å². The van der Waals surface area contributed by atoms with E-state index >= 15 is 0 Å². The van der Waals surface area contributed by atoms with Crippen LogP contribution in [-0.4, -0.2) is 26.4 Å². The topological polar surface area (TPSA) is 30.5 Å². The van der Waals surface area contributed by atoms with Gasteiger partial charge in [-0.1, -0.05) is 19.1 Å². The maximum absolute atomic E-state index is 14.3. The van der Waals surface area contributed by atoms with E-state index in [2.05, 4.69) is 12.2 Å². The van der Waals surface area contributed by atoms with E-state index in [1.165, 1.54) is 7.11 Å². The summed E-state index contributed by atoms with van der Waals surface area (Å²) in [5.74, 6) is -0.0466. The van der Waals surface area contributed by atoms with Crippen molar-refractivity contribution in [3.05, 3.63) is 29.6 Å². The van der Waals surface area contributed by atoms with Crippen LogP contribution in [-0.2, 0) is 4.74 Å². The highest BCUT2D eigenvalue weighted by Gasteiger charge is 2.23. The summed E-state index contributed by atoms with van der Waals surface area (Å²) >= 11 is 0. The lowest BCUT2D eigenvalue weighted by molar-refractivity contribution is 0.0462. The van der Waals surface area contributed by atoms with Crippen LogP contribution in [0, 0.1) is 5.82 Å². The number of nitrogens with one attached hydrogen (secondary N) is 1. The molecule has 2 unspecified atom stereocenters. The molecule has 0 aliphatic rings. The molecule has 1 aromatic rings. The molecule has 19 heavy (non-hydrogen) atoms. The molecule has 0 amide bonds. The highest BCUT2D eigenvalue weighted by Crippen LogP contribution is 2.28. The first-order valence-corrected chi connectivity index (χ1v) is 6.83. The van der Waals surface area contributed by atoms with E-state index in [9.17, 15) is 4.39 Å². The average molecular weight is 269 g/mol. The van der Waals surface area contributed by atoms with E-state index in [1.54, 1.807) is 18.2 Å². The van der Waals surface area contributed by atoms with Gasteiger partial charge in [-0.3, -0.25) is 0 Å². The van der Waals surface area contributed by atoms with E-state index in [0.29, 0.717) is 12.2 Å². The molecule has 0 fully saturated rings. The Labute approximate surface area is 115 Å². The van der Waals surface area contributed by atoms with Crippen molar-refractivity contribution in [1.82, 2.24) is 5.32 Å². The SMILES string of the molecule is CCCNC(c1cccc(OC)c1F)C(C)OCC. The normalized spacial score (nSPS) is 14.2. The van der Waals surface area contributed by atoms with Crippen molar-refractivity contribution in [2.24, 2.45) is 0 Å². The fourth-order valence-electron chi connectivity index (χ4n) is 2.11. The van der Waals surface area contributed by atoms with Crippen LogP contribution < -0.4 is 10.1 Å². The van der Waals surface area contributed by atoms with Gasteiger partial charge in [0.15, 0.2) is 11.6 Å². The molecule has 0 bridgehead atoms. The molecule has 1 aromatic carbocycles. The van der Waals surface area contributed by atoms with Gasteiger partial charge < -0.3 is 14.8 Å². The Hall–Kier alpha value is -1.13. The van der Waals surface area contributed by atoms with Crippen LogP contribution in [0.3, 0.4) is 0 Å². The lowest BCUT2D eigenvalue weighted by Crippen LogP contribution is -2.33. The average Bonchev–Trinajstić information content (AvgIpc) is 2.41. The van der Waals surface area contributed by atoms with Gasteiger partial charge in [-0.2, -0.15) is 0 Å². The lowest BCUT2D eigenvalue weighted by atomic mass is 10.0. The molecular formula is C15H24FNO2. The van der Waals surface area contributed by atoms with E-state index in [4.69, 9.17) is 9.47 Å². The smallest absolute Gasteiger partial charge is 0.169 e. The Morgan fingerprint density at radius 1 is 1.32 bits per heavy atom. The summed E-state index contributed by atoms with van der Waals surface area (Å²) in [4.78, 5) is 0. The van der Waals surface area contributed by atoms with Crippen molar-refractivity contribution in [3.63, 3.8) is 0 Å². The molecule has 2 atom stereocenters. The van der Waals surface area contributed by atoms with Crippen LogP contribution in [0.15, 0.2) is 18.2 Å². The minimum atomic E-state index is -0.315. The van der Waals surface area contributed by atoms with E-state index in [1.807, 2.05) is 13.8 Å². The van der Waals surface area contributed by atoms with Crippen LogP contribution in [0.25, 0.3) is 0 Å². The van der Waals surface area contributed by atoms with Gasteiger partial charge in [0.2, 0.25) is 0 Å². The van der Waals surface area contributed by atoms with Crippen molar-refractivity contribution in [1.29, 1.82) is 0 Å². The minimum Gasteiger partial charge on any atom is -0.494 e. The quantitative estimate of drug-likeness (QED) is 0.785. The zero-order valence-electron chi connectivity index (χ0n) is 12.2. The summed E-state index contributed by atoms with van der Waals surface area (Å²) in [5.41, 5.74) is 0.591. The zero-order valence-corrected chi connectivity index (χ0v) is 12.2. The van der Waals surface area contributed by atoms with Crippen LogP contribution in [0.4, 0.5) is 4.39 Å². The summed E-state index contributed by atoms with van der Waals surface area (Å²) in [5, 5.41) is 3.34. The van der Waals surface area contributed by atoms with Gasteiger partial charge in [0.05, 0.1) is 19.3 Å². The van der Waals surface area contributed by atoms with Crippen LogP contribution in [0.1, 0.15) is 38.8 Å². The molecule has 1 rings (SSSR count). The Morgan fingerprint density at radius 2 is 2.05 bits per heavy atom. The third-order valence-corrected chi connectivity index (χ3v) is 3.06. The third kappa shape index (κ3) is 4.18. The first-order chi connectivity index (χ1) is 9.15. The minimum absolute atomic E-state index is 0.0989. The molecular weight excluding hydrogens is 245 g/mol. The lowest BCUT2D eigenvalue weighted by Gasteiger charge is -2.26. The molecule has 4 heteroatoms. The van der Waals surface area contributed by atoms with Gasteiger partial charge in [-0.05, 0) is 32.9 Å². The second kappa shape index (κ2) is 8.12. The molecule has 0 saturated carbocycles. The first-order valence-electron chi connectivity index (χ1n) is 6.83. The van der Waals surface area contributed by atoms with Crippen LogP contribution >= 0.6 is 0 Å². The molecule has 0 aromatic heterocycles. The molecule has 0 radical (unpaired) electrons. The van der Waals surface area contributed by atoms with Crippen LogP contribution in [0.5, 0.6) is 5.75 Å². The highest BCUT2D eigenvalue weighted by molar-refractivity contribution is 5.33. The molecule has 0 saturated heterocycles. The molecule has 108 valence electrons. The monoisotopic (exact) mass is 269 g/mol. The maximum atomic E-state index is 14.3. The summed E-state index contributed by atoms with van der Waals surface area (Å²) in [7, 11) is 1.47. The van der Waals surface area contributed by atoms with Crippen molar-refractivity contribution in [2.75, 3.05) is 20.3 Å². The Balaban J connectivity index is 3.02. The van der Waals surface area contributed by atoms with Gasteiger partial charge in [0, 0.05) is 12.2 Å². The summed E-state index contributed by atoms with van der Waals surface area (Å²) < 4.78 is 25.0. The van der Waals surface area contributed by atoms with Gasteiger partial charge in [0.1, 0.15) is 0 Å². The number of hydrogen-bond acceptors (Lipinski definition) is 3. The second-order valence-electron chi connectivity index (χ2n) is 4.46. The highest BCUT2D eigenvalue weighted by atomic mass is 19.1. The number of benzene rings is 1. The molecule has 1 N–H and O–H groups in total. The zero-order chi connectivity index (χ0) is 14.3. The maximum Gasteiger partial charge on any atom is 0.169 e. The van der Waals surface area contributed by atoms with Crippen molar-refractivity contribution < 1.29 is 13.9 Å². The number of methoxy groups -OCH3 is 1. The van der Waals surface area contributed by atoms with Gasteiger partial charge in [0.25, 0.3) is 0 Å². The summed E-state index contributed by atoms with van der Waals surface area (Å²) in [6.07, 6.45) is 0.888. The number of rotatable bonds is 8. The van der Waals surface area contributed by atoms with Crippen LogP contribution in [0.2, 0.25) is 0 Å². The fourth-order valence-corrected chi connectivity index (χ4v) is 2.11. The largest absolute Gasteiger partial charge is 0.494 e. The molecule has 0 spiro atoms. The number of hydrogen-bond donors (Lipinski definition) is 1. The molecule has 0 heterocycles. The van der Waals surface area contributed by atoms with Crippen molar-refractivity contribution in [3.8, 4) is 5.75 Å². The van der Waals surface area contributed by atoms with E-state index in [0.717, 1.165) is 13.0 Å². The number of halogens is 1. The third-order valence-electron chi connectivity index (χ3n) is 3.06. The predicted molar refractivity (Wildman–Crippen MR) is 75.1 cm³/mol. The van der Waals surface area contributed by atoms with Gasteiger partial charge in [-0.25, -0.2) is 4.39 Å².